The summed E-state index contributed by atoms with van der Waals surface area (Å²) >= 11 is 0. The van der Waals surface area contributed by atoms with Crippen molar-refractivity contribution >= 4 is 11.9 Å². The number of aliphatic hydroxyl groups excluding tert-OH is 1. The Hall–Kier alpha value is -3.09. The van der Waals surface area contributed by atoms with Crippen LogP contribution in [0.15, 0.2) is 24.7 Å². The van der Waals surface area contributed by atoms with Crippen molar-refractivity contribution in [1.29, 1.82) is 0 Å². The quantitative estimate of drug-likeness (QED) is 0.327. The van der Waals surface area contributed by atoms with E-state index in [-0.39, 0.29) is 35.1 Å². The summed E-state index contributed by atoms with van der Waals surface area (Å²) in [4.78, 5) is 19.7. The largest absolute Gasteiger partial charge is 2.00 e. The molecule has 0 fully saturated rings. The summed E-state index contributed by atoms with van der Waals surface area (Å²) in [5, 5.41) is 51.3. The maximum Gasteiger partial charge on any atom is 2.00 e. The van der Waals surface area contributed by atoms with E-state index >= 15 is 0 Å². The number of carbonyl (C=O) groups excluding carboxylic acids is 2. The minimum Gasteiger partial charge on any atom is -0.543 e. The van der Waals surface area contributed by atoms with Gasteiger partial charge in [-0.3, -0.25) is 15.3 Å². The number of carbonyl (C=O) groups is 2. The van der Waals surface area contributed by atoms with Crippen molar-refractivity contribution in [2.45, 2.75) is 6.61 Å². The molecule has 24 heavy (non-hydrogen) atoms. The van der Waals surface area contributed by atoms with Crippen LogP contribution in [0.1, 0.15) is 26.7 Å². The van der Waals surface area contributed by atoms with E-state index in [1.54, 1.807) is 12.3 Å². The Morgan fingerprint density at radius 3 is 1.67 bits per heavy atom. The number of aliphatic hydroxyl groups is 1. The van der Waals surface area contributed by atoms with Gasteiger partial charge in [0.15, 0.2) is 0 Å². The number of carboxylic acids is 2. The second-order valence-electron chi connectivity index (χ2n) is 3.52. The molecule has 0 unspecified atom stereocenters. The molecular weight excluding hydrogens is 367 g/mol. The summed E-state index contributed by atoms with van der Waals surface area (Å²) in [7, 11) is 0. The molecule has 3 aromatic heterocycles. The first-order valence-corrected chi connectivity index (χ1v) is 5.79. The van der Waals surface area contributed by atoms with Crippen molar-refractivity contribution < 1.29 is 42.0 Å². The molecule has 0 amide bonds. The van der Waals surface area contributed by atoms with E-state index in [1.165, 1.54) is 0 Å². The van der Waals surface area contributed by atoms with Gasteiger partial charge in [-0.2, -0.15) is 5.10 Å². The second-order valence-corrected chi connectivity index (χ2v) is 3.52. The molecular formula is C10H10MnN8O5. The van der Waals surface area contributed by atoms with Gasteiger partial charge in [-0.1, -0.05) is 10.4 Å². The predicted octanol–water partition coefficient (Wildman–Crippen LogP) is -3.76. The number of H-pyrrole nitrogens is 3. The molecule has 0 aromatic carbocycles. The van der Waals surface area contributed by atoms with Gasteiger partial charge in [0.25, 0.3) is 0 Å². The van der Waals surface area contributed by atoms with Gasteiger partial charge in [0.05, 0.1) is 36.6 Å². The Morgan fingerprint density at radius 2 is 1.50 bits per heavy atom. The maximum absolute atomic E-state index is 9.83. The minimum absolute atomic E-state index is 0. The van der Waals surface area contributed by atoms with E-state index in [2.05, 4.69) is 41.0 Å². The zero-order chi connectivity index (χ0) is 17.1. The molecule has 0 bridgehead atoms. The Balaban J connectivity index is 0.000000325. The molecule has 3 aromatic rings. The van der Waals surface area contributed by atoms with Crippen molar-refractivity contribution in [3.05, 3.63) is 41.7 Å². The van der Waals surface area contributed by atoms with Crippen molar-refractivity contribution in [2.24, 2.45) is 0 Å². The minimum atomic E-state index is -1.32. The number of rotatable bonds is 3. The number of aromatic amines is 3. The van der Waals surface area contributed by atoms with E-state index in [1.807, 2.05) is 0 Å². The van der Waals surface area contributed by atoms with Crippen LogP contribution in [0, 0.1) is 0 Å². The molecule has 0 saturated heterocycles. The Kier molecular flexibility index (Phi) is 10.00. The monoisotopic (exact) mass is 377 g/mol. The molecule has 13 nitrogen and oxygen atoms in total. The molecule has 0 aliphatic rings. The van der Waals surface area contributed by atoms with Gasteiger partial charge in [-0.15, -0.1) is 10.2 Å². The number of aromatic carboxylic acids is 2. The summed E-state index contributed by atoms with van der Waals surface area (Å²) in [5.41, 5.74) is 0.329. The van der Waals surface area contributed by atoms with Gasteiger partial charge in [-0.05, 0) is 6.07 Å². The molecule has 3 rings (SSSR count). The average Bonchev–Trinajstić information content (AvgIpc) is 3.30. The summed E-state index contributed by atoms with van der Waals surface area (Å²) in [6.07, 6.45) is 3.97. The van der Waals surface area contributed by atoms with E-state index in [4.69, 9.17) is 5.11 Å². The number of nitrogens with zero attached hydrogens (tertiary/aromatic N) is 5. The Morgan fingerprint density at radius 1 is 1.00 bits per heavy atom. The maximum atomic E-state index is 9.83. The zero-order valence-electron chi connectivity index (χ0n) is 11.7. The fourth-order valence-corrected chi connectivity index (χ4v) is 0.982. The molecule has 0 aliphatic carbocycles. The number of carboxylic acid groups (broad SMARTS) is 2. The van der Waals surface area contributed by atoms with Crippen LogP contribution in [0.2, 0.25) is 0 Å². The molecule has 0 atom stereocenters. The molecule has 1 radical (unpaired) electrons. The molecule has 4 N–H and O–H groups in total. The van der Waals surface area contributed by atoms with E-state index in [0.717, 1.165) is 12.4 Å². The van der Waals surface area contributed by atoms with Gasteiger partial charge in [0, 0.05) is 6.20 Å². The standard InChI is InChI=1S/C4H6N2O.2C3H3N3O2.Mn/c7-3-4-1-2-5-6-4;2*7-3(8)2-1-4-6-5-2;/h1-2,7H,3H2,(H,5,6);2*1H,(H,7,8)(H,4,5,6);/q;;;+2/p-2. The summed E-state index contributed by atoms with van der Waals surface area (Å²) in [6.45, 7) is 0.0174. The number of hydrogen-bond acceptors (Lipinski definition) is 10. The summed E-state index contributed by atoms with van der Waals surface area (Å²) in [6, 6.07) is 1.72. The summed E-state index contributed by atoms with van der Waals surface area (Å²) in [5.74, 6) is -2.64. The topological polar surface area (TPSA) is 212 Å². The molecule has 0 spiro atoms. The van der Waals surface area contributed by atoms with Gasteiger partial charge < -0.3 is 24.9 Å². The van der Waals surface area contributed by atoms with Crippen molar-refractivity contribution in [3.8, 4) is 0 Å². The fraction of sp³-hybridized carbons (Fsp3) is 0.100. The molecule has 127 valence electrons. The molecule has 0 aliphatic heterocycles. The van der Waals surface area contributed by atoms with Crippen LogP contribution in [0.25, 0.3) is 0 Å². The van der Waals surface area contributed by atoms with Gasteiger partial charge >= 0.3 is 17.1 Å². The predicted molar refractivity (Wildman–Crippen MR) is 65.9 cm³/mol. The first kappa shape index (κ1) is 20.9. The third-order valence-electron chi connectivity index (χ3n) is 1.97. The molecule has 0 saturated carbocycles. The van der Waals surface area contributed by atoms with Crippen molar-refractivity contribution in [2.75, 3.05) is 0 Å². The Labute approximate surface area is 144 Å². The first-order chi connectivity index (χ1) is 11.0. The smallest absolute Gasteiger partial charge is 0.543 e. The van der Waals surface area contributed by atoms with Crippen molar-refractivity contribution in [3.63, 3.8) is 0 Å². The van der Waals surface area contributed by atoms with Gasteiger partial charge in [0.1, 0.15) is 11.4 Å². The third kappa shape index (κ3) is 7.79. The van der Waals surface area contributed by atoms with Crippen LogP contribution in [-0.2, 0) is 23.7 Å². The molecule has 14 heteroatoms. The van der Waals surface area contributed by atoms with Gasteiger partial charge in [-0.25, -0.2) is 0 Å². The van der Waals surface area contributed by atoms with Crippen LogP contribution in [-0.4, -0.2) is 58.1 Å². The second kappa shape index (κ2) is 11.5. The SMILES string of the molecule is O=C([O-])c1c[nH]nn1.O=C([O-])c1c[nH]nn1.OCc1cc[nH]n1.[Mn+2]. The first-order valence-electron chi connectivity index (χ1n) is 5.79. The van der Waals surface area contributed by atoms with Crippen LogP contribution in [0.3, 0.4) is 0 Å². The fourth-order valence-electron chi connectivity index (χ4n) is 0.982. The average molecular weight is 377 g/mol. The summed E-state index contributed by atoms with van der Waals surface area (Å²) < 4.78 is 0. The Bertz CT molecular complexity index is 641. The number of hydrogen-bond donors (Lipinski definition) is 4. The van der Waals surface area contributed by atoms with Crippen LogP contribution >= 0.6 is 0 Å². The van der Waals surface area contributed by atoms with Crippen molar-refractivity contribution in [1.82, 2.24) is 41.0 Å². The van der Waals surface area contributed by atoms with Gasteiger partial charge in [0.2, 0.25) is 0 Å². The number of aromatic nitrogens is 8. The van der Waals surface area contributed by atoms with E-state index < -0.39 is 11.9 Å². The third-order valence-corrected chi connectivity index (χ3v) is 1.97. The van der Waals surface area contributed by atoms with Crippen LogP contribution < -0.4 is 10.2 Å². The number of nitrogens with one attached hydrogen (secondary N) is 3. The van der Waals surface area contributed by atoms with E-state index in [0.29, 0.717) is 5.69 Å². The molecule has 3 heterocycles. The van der Waals surface area contributed by atoms with Crippen LogP contribution in [0.5, 0.6) is 0 Å². The zero-order valence-corrected chi connectivity index (χ0v) is 12.9. The van der Waals surface area contributed by atoms with Crippen LogP contribution in [0.4, 0.5) is 0 Å². The van der Waals surface area contributed by atoms with E-state index in [9.17, 15) is 19.8 Å². The normalized spacial score (nSPS) is 8.71.